The third kappa shape index (κ3) is 3.85. The van der Waals surface area contributed by atoms with E-state index in [1.165, 1.54) is 31.3 Å². The Morgan fingerprint density at radius 3 is 2.41 bits per heavy atom. The summed E-state index contributed by atoms with van der Waals surface area (Å²) in [6.07, 6.45) is 1.43. The number of carbonyl (C=O) groups excluding carboxylic acids is 1. The van der Waals surface area contributed by atoms with Crippen LogP contribution in [0.15, 0.2) is 47.5 Å². The molecular weight excluding hydrogens is 395 g/mol. The second-order valence-corrected chi connectivity index (χ2v) is 9.59. The molecule has 2 N–H and O–H groups in total. The van der Waals surface area contributed by atoms with Crippen LogP contribution in [0.1, 0.15) is 31.9 Å². The summed E-state index contributed by atoms with van der Waals surface area (Å²) in [4.78, 5) is 11.4. The van der Waals surface area contributed by atoms with E-state index in [0.29, 0.717) is 10.9 Å². The van der Waals surface area contributed by atoms with Crippen LogP contribution < -0.4 is 5.32 Å². The predicted molar refractivity (Wildman–Crippen MR) is 109 cm³/mol. The Balaban J connectivity index is 2.27. The fourth-order valence-electron chi connectivity index (χ4n) is 3.21. The van der Waals surface area contributed by atoms with Gasteiger partial charge in [0.25, 0.3) is 10.0 Å². The van der Waals surface area contributed by atoms with Gasteiger partial charge >= 0.3 is 0 Å². The molecule has 0 aliphatic heterocycles. The maximum atomic E-state index is 14.1. The van der Waals surface area contributed by atoms with Gasteiger partial charge in [-0.3, -0.25) is 4.79 Å². The zero-order valence-electron chi connectivity index (χ0n) is 16.7. The van der Waals surface area contributed by atoms with Crippen LogP contribution in [-0.2, 0) is 20.2 Å². The third-order valence-electron chi connectivity index (χ3n) is 4.93. The van der Waals surface area contributed by atoms with Gasteiger partial charge in [-0.05, 0) is 30.7 Å². The van der Waals surface area contributed by atoms with Gasteiger partial charge < -0.3 is 10.4 Å². The van der Waals surface area contributed by atoms with Crippen molar-refractivity contribution in [2.24, 2.45) is 0 Å². The summed E-state index contributed by atoms with van der Waals surface area (Å²) in [5.74, 6) is -1.70. The van der Waals surface area contributed by atoms with E-state index in [1.807, 2.05) is 20.8 Å². The van der Waals surface area contributed by atoms with Gasteiger partial charge in [0.05, 0.1) is 10.4 Å². The van der Waals surface area contributed by atoms with Crippen LogP contribution in [0.3, 0.4) is 0 Å². The minimum Gasteiger partial charge on any atom is -0.505 e. The van der Waals surface area contributed by atoms with E-state index in [2.05, 4.69) is 5.32 Å². The van der Waals surface area contributed by atoms with Gasteiger partial charge in [-0.2, -0.15) is 0 Å². The molecule has 29 heavy (non-hydrogen) atoms. The number of nitrogens with zero attached hydrogens (tertiary/aromatic N) is 1. The van der Waals surface area contributed by atoms with Crippen LogP contribution in [0.2, 0.25) is 0 Å². The summed E-state index contributed by atoms with van der Waals surface area (Å²) < 4.78 is 41.7. The van der Waals surface area contributed by atoms with Gasteiger partial charge in [-0.15, -0.1) is 0 Å². The molecule has 2 aromatic carbocycles. The number of carbonyl (C=O) groups is 1. The number of halogens is 1. The van der Waals surface area contributed by atoms with Crippen LogP contribution in [-0.4, -0.2) is 29.9 Å². The molecule has 0 spiro atoms. The molecule has 6 nitrogen and oxygen atoms in total. The molecule has 154 valence electrons. The first-order valence-electron chi connectivity index (χ1n) is 9.04. The van der Waals surface area contributed by atoms with E-state index in [9.17, 15) is 22.7 Å². The maximum absolute atomic E-state index is 14.1. The number of benzene rings is 2. The highest BCUT2D eigenvalue weighted by Gasteiger charge is 2.30. The fourth-order valence-corrected chi connectivity index (χ4v) is 4.57. The second-order valence-electron chi connectivity index (χ2n) is 7.77. The van der Waals surface area contributed by atoms with Crippen LogP contribution in [0.25, 0.3) is 10.9 Å². The zero-order valence-corrected chi connectivity index (χ0v) is 17.5. The normalized spacial score (nSPS) is 12.3. The molecule has 0 saturated heterocycles. The van der Waals surface area contributed by atoms with Crippen molar-refractivity contribution >= 4 is 26.8 Å². The zero-order chi connectivity index (χ0) is 21.6. The summed E-state index contributed by atoms with van der Waals surface area (Å²) in [5.41, 5.74) is 0.913. The van der Waals surface area contributed by atoms with Crippen molar-refractivity contribution < 1.29 is 22.7 Å². The number of rotatable bonds is 5. The summed E-state index contributed by atoms with van der Waals surface area (Å²) in [7, 11) is -4.00. The Kier molecular flexibility index (Phi) is 5.17. The highest BCUT2D eigenvalue weighted by atomic mass is 32.2. The minimum atomic E-state index is -4.00. The molecule has 0 bridgehead atoms. The van der Waals surface area contributed by atoms with Crippen molar-refractivity contribution in [2.75, 3.05) is 6.54 Å². The summed E-state index contributed by atoms with van der Waals surface area (Å²) in [5, 5.41) is 13.0. The van der Waals surface area contributed by atoms with Crippen molar-refractivity contribution in [3.8, 4) is 5.75 Å². The van der Waals surface area contributed by atoms with Crippen LogP contribution in [0, 0.1) is 12.7 Å². The number of amides is 1. The fraction of sp³-hybridized carbons (Fsp3) is 0.286. The number of nitrogens with one attached hydrogen (secondary N) is 1. The lowest BCUT2D eigenvalue weighted by Gasteiger charge is -2.24. The highest BCUT2D eigenvalue weighted by Crippen LogP contribution is 2.36. The molecule has 0 aliphatic rings. The van der Waals surface area contributed by atoms with Crippen LogP contribution in [0.5, 0.6) is 5.75 Å². The van der Waals surface area contributed by atoms with Crippen molar-refractivity contribution in [2.45, 2.75) is 38.0 Å². The number of aryl methyl sites for hydroxylation is 1. The van der Waals surface area contributed by atoms with E-state index in [4.69, 9.17) is 0 Å². The molecule has 0 unspecified atom stereocenters. The largest absolute Gasteiger partial charge is 0.505 e. The molecule has 1 heterocycles. The Hall–Kier alpha value is -2.87. The van der Waals surface area contributed by atoms with E-state index in [1.54, 1.807) is 12.1 Å². The molecule has 0 fully saturated rings. The predicted octanol–water partition coefficient (Wildman–Crippen LogP) is 3.45. The number of hydrogen-bond donors (Lipinski definition) is 2. The Morgan fingerprint density at radius 2 is 1.83 bits per heavy atom. The van der Waals surface area contributed by atoms with Gasteiger partial charge in [0.15, 0.2) is 11.6 Å². The van der Waals surface area contributed by atoms with Crippen molar-refractivity contribution in [3.05, 3.63) is 59.5 Å². The highest BCUT2D eigenvalue weighted by molar-refractivity contribution is 7.90. The SMILES string of the molecule is CC(=O)NCC(C)(C)c1cn(S(=O)(=O)c2ccc(C)cc2)c2cc(F)c(O)cc12. The van der Waals surface area contributed by atoms with Crippen molar-refractivity contribution in [1.29, 1.82) is 0 Å². The number of fused-ring (bicyclic) bond motifs is 1. The van der Waals surface area contributed by atoms with Crippen LogP contribution >= 0.6 is 0 Å². The lowest BCUT2D eigenvalue weighted by atomic mass is 9.84. The molecule has 1 aromatic heterocycles. The second kappa shape index (κ2) is 7.18. The van der Waals surface area contributed by atoms with Gasteiger partial charge in [0.2, 0.25) is 5.91 Å². The molecular formula is C21H23FN2O4S. The molecule has 0 saturated carbocycles. The topological polar surface area (TPSA) is 88.4 Å². The summed E-state index contributed by atoms with van der Waals surface area (Å²) in [6.45, 7) is 7.15. The number of aromatic hydroxyl groups is 1. The third-order valence-corrected chi connectivity index (χ3v) is 6.61. The van der Waals surface area contributed by atoms with E-state index in [-0.39, 0.29) is 22.9 Å². The van der Waals surface area contributed by atoms with Crippen molar-refractivity contribution in [1.82, 2.24) is 9.29 Å². The van der Waals surface area contributed by atoms with Gasteiger partial charge in [0.1, 0.15) is 0 Å². The lowest BCUT2D eigenvalue weighted by molar-refractivity contribution is -0.119. The Bertz CT molecular complexity index is 1200. The average Bonchev–Trinajstić information content (AvgIpc) is 3.01. The monoisotopic (exact) mass is 418 g/mol. The van der Waals surface area contributed by atoms with Gasteiger partial charge in [-0.1, -0.05) is 31.5 Å². The molecule has 8 heteroatoms. The molecule has 0 radical (unpaired) electrons. The van der Waals surface area contributed by atoms with Crippen molar-refractivity contribution in [3.63, 3.8) is 0 Å². The first-order chi connectivity index (χ1) is 13.4. The molecule has 0 aliphatic carbocycles. The molecule has 1 amide bonds. The summed E-state index contributed by atoms with van der Waals surface area (Å²) >= 11 is 0. The number of phenols is 1. The lowest BCUT2D eigenvalue weighted by Crippen LogP contribution is -2.35. The molecule has 0 atom stereocenters. The number of phenolic OH excluding ortho intramolecular Hbond substituents is 1. The quantitative estimate of drug-likeness (QED) is 0.664. The number of hydrogen-bond acceptors (Lipinski definition) is 4. The molecule has 3 aromatic rings. The average molecular weight is 418 g/mol. The van der Waals surface area contributed by atoms with E-state index in [0.717, 1.165) is 15.6 Å². The molecule has 3 rings (SSSR count). The van der Waals surface area contributed by atoms with Gasteiger partial charge in [0, 0.05) is 36.5 Å². The minimum absolute atomic E-state index is 0.0692. The smallest absolute Gasteiger partial charge is 0.268 e. The first-order valence-corrected chi connectivity index (χ1v) is 10.5. The first kappa shape index (κ1) is 20.9. The van der Waals surface area contributed by atoms with E-state index >= 15 is 0 Å². The summed E-state index contributed by atoms with van der Waals surface area (Å²) in [6, 6.07) is 8.59. The van der Waals surface area contributed by atoms with E-state index < -0.39 is 27.0 Å². The standard InChI is InChI=1S/C21H23FN2O4S/c1-13-5-7-15(8-6-13)29(27,28)24-11-17(21(3,4)12-23-14(2)25)16-9-20(26)18(22)10-19(16)24/h5-11,26H,12H2,1-4H3,(H,23,25). The van der Waals surface area contributed by atoms with Crippen LogP contribution in [0.4, 0.5) is 4.39 Å². The maximum Gasteiger partial charge on any atom is 0.268 e. The number of aromatic nitrogens is 1. The van der Waals surface area contributed by atoms with Gasteiger partial charge in [-0.25, -0.2) is 16.8 Å². The Labute approximate surface area is 169 Å². The Morgan fingerprint density at radius 1 is 1.21 bits per heavy atom.